The van der Waals surface area contributed by atoms with Crippen molar-refractivity contribution in [2.75, 3.05) is 13.1 Å². The minimum absolute atomic E-state index is 0.142. The maximum atomic E-state index is 12.3. The Balaban J connectivity index is 2.05. The van der Waals surface area contributed by atoms with Gasteiger partial charge in [0.1, 0.15) is 11.8 Å². The summed E-state index contributed by atoms with van der Waals surface area (Å²) in [4.78, 5) is 25.9. The van der Waals surface area contributed by atoms with Crippen LogP contribution in [0.5, 0.6) is 0 Å². The lowest BCUT2D eigenvalue weighted by molar-refractivity contribution is -0.140. The van der Waals surface area contributed by atoms with Crippen molar-refractivity contribution >= 4 is 11.9 Å². The highest BCUT2D eigenvalue weighted by Gasteiger charge is 2.27. The number of nitrogens with zero attached hydrogens (tertiary/aromatic N) is 1. The average Bonchev–Trinajstić information content (AvgIpc) is 3.14. The molecule has 0 aliphatic carbocycles. The van der Waals surface area contributed by atoms with E-state index in [2.05, 4.69) is 10.2 Å². The summed E-state index contributed by atoms with van der Waals surface area (Å²) in [5.74, 6) is -0.720. The third kappa shape index (κ3) is 4.34. The van der Waals surface area contributed by atoms with Gasteiger partial charge in [0.15, 0.2) is 5.76 Å². The molecule has 6 nitrogen and oxygen atoms in total. The number of carboxylic acid groups (broad SMARTS) is 1. The van der Waals surface area contributed by atoms with Crippen molar-refractivity contribution in [3.05, 3.63) is 23.2 Å². The van der Waals surface area contributed by atoms with Gasteiger partial charge in [0.25, 0.3) is 5.91 Å². The first-order valence-corrected chi connectivity index (χ1v) is 8.27. The largest absolute Gasteiger partial charge is 0.480 e. The van der Waals surface area contributed by atoms with Crippen LogP contribution >= 0.6 is 0 Å². The van der Waals surface area contributed by atoms with Crippen molar-refractivity contribution in [1.82, 2.24) is 10.2 Å². The number of aryl methyl sites for hydroxylation is 1. The van der Waals surface area contributed by atoms with E-state index in [1.165, 1.54) is 12.8 Å². The van der Waals surface area contributed by atoms with E-state index in [0.29, 0.717) is 6.42 Å². The summed E-state index contributed by atoms with van der Waals surface area (Å²) in [6.07, 6.45) is 3.09. The van der Waals surface area contributed by atoms with Crippen LogP contribution in [0.1, 0.15) is 55.0 Å². The minimum atomic E-state index is -1.02. The molecule has 0 bridgehead atoms. The third-order valence-electron chi connectivity index (χ3n) is 4.60. The van der Waals surface area contributed by atoms with E-state index in [1.807, 2.05) is 20.8 Å². The second-order valence-corrected chi connectivity index (χ2v) is 6.35. The smallest absolute Gasteiger partial charge is 0.326 e. The molecule has 1 aliphatic rings. The zero-order valence-corrected chi connectivity index (χ0v) is 14.1. The zero-order valence-electron chi connectivity index (χ0n) is 14.1. The molecule has 0 aromatic carbocycles. The molecule has 6 heteroatoms. The van der Waals surface area contributed by atoms with E-state index in [0.717, 1.165) is 31.0 Å². The van der Waals surface area contributed by atoms with E-state index >= 15 is 0 Å². The number of furan rings is 1. The van der Waals surface area contributed by atoms with Gasteiger partial charge in [-0.25, -0.2) is 4.79 Å². The SMILES string of the molecule is CCC(C)C(NC(=O)c1cc(CN2CCCC2)c(C)o1)C(=O)O. The second kappa shape index (κ2) is 7.64. The number of carboxylic acids is 1. The molecule has 128 valence electrons. The highest BCUT2D eigenvalue weighted by molar-refractivity contribution is 5.94. The van der Waals surface area contributed by atoms with E-state index in [9.17, 15) is 14.7 Å². The van der Waals surface area contributed by atoms with Gasteiger partial charge in [-0.2, -0.15) is 0 Å². The van der Waals surface area contributed by atoms with Gasteiger partial charge in [-0.3, -0.25) is 9.69 Å². The number of amides is 1. The molecule has 2 N–H and O–H groups in total. The number of likely N-dealkylation sites (tertiary alicyclic amines) is 1. The van der Waals surface area contributed by atoms with Crippen LogP contribution in [-0.4, -0.2) is 41.0 Å². The Bertz CT molecular complexity index is 561. The number of hydrogen-bond donors (Lipinski definition) is 2. The van der Waals surface area contributed by atoms with Gasteiger partial charge in [0.2, 0.25) is 0 Å². The summed E-state index contributed by atoms with van der Waals surface area (Å²) in [5, 5.41) is 11.8. The minimum Gasteiger partial charge on any atom is -0.480 e. The highest BCUT2D eigenvalue weighted by atomic mass is 16.4. The quantitative estimate of drug-likeness (QED) is 0.805. The first-order valence-electron chi connectivity index (χ1n) is 8.27. The number of carbonyl (C=O) groups is 2. The normalized spacial score (nSPS) is 17.9. The van der Waals surface area contributed by atoms with Crippen LogP contribution in [0.4, 0.5) is 0 Å². The molecule has 0 spiro atoms. The zero-order chi connectivity index (χ0) is 17.0. The fourth-order valence-corrected chi connectivity index (χ4v) is 2.87. The summed E-state index contributed by atoms with van der Waals surface area (Å²) in [6, 6.07) is 0.832. The molecular formula is C17H26N2O4. The molecule has 23 heavy (non-hydrogen) atoms. The fourth-order valence-electron chi connectivity index (χ4n) is 2.87. The lowest BCUT2D eigenvalue weighted by Crippen LogP contribution is -2.44. The van der Waals surface area contributed by atoms with Crippen molar-refractivity contribution in [1.29, 1.82) is 0 Å². The topological polar surface area (TPSA) is 82.8 Å². The van der Waals surface area contributed by atoms with E-state index in [-0.39, 0.29) is 11.7 Å². The van der Waals surface area contributed by atoms with Gasteiger partial charge >= 0.3 is 5.97 Å². The molecule has 2 heterocycles. The Hall–Kier alpha value is -1.82. The van der Waals surface area contributed by atoms with Crippen LogP contribution in [0, 0.1) is 12.8 Å². The summed E-state index contributed by atoms with van der Waals surface area (Å²) >= 11 is 0. The Morgan fingerprint density at radius 2 is 2.04 bits per heavy atom. The molecule has 1 amide bonds. The van der Waals surface area contributed by atoms with Crippen LogP contribution in [0.15, 0.2) is 10.5 Å². The van der Waals surface area contributed by atoms with Crippen LogP contribution in [0.3, 0.4) is 0 Å². The van der Waals surface area contributed by atoms with Crippen LogP contribution < -0.4 is 5.32 Å². The number of hydrogen-bond acceptors (Lipinski definition) is 4. The molecule has 2 rings (SSSR count). The van der Waals surface area contributed by atoms with Gasteiger partial charge in [-0.1, -0.05) is 20.3 Å². The van der Waals surface area contributed by atoms with Crippen molar-refractivity contribution in [3.8, 4) is 0 Å². The standard InChI is InChI=1S/C17H26N2O4/c1-4-11(2)15(17(21)22)18-16(20)14-9-13(12(3)23-14)10-19-7-5-6-8-19/h9,11,15H,4-8,10H2,1-3H3,(H,18,20)(H,21,22). The number of nitrogens with one attached hydrogen (secondary N) is 1. The molecule has 2 atom stereocenters. The number of rotatable bonds is 7. The Labute approximate surface area is 136 Å². The maximum Gasteiger partial charge on any atom is 0.326 e. The summed E-state index contributed by atoms with van der Waals surface area (Å²) < 4.78 is 5.55. The molecular weight excluding hydrogens is 296 g/mol. The van der Waals surface area contributed by atoms with E-state index in [1.54, 1.807) is 6.07 Å². The average molecular weight is 322 g/mol. The van der Waals surface area contributed by atoms with Crippen molar-refractivity contribution in [2.45, 2.75) is 52.6 Å². The van der Waals surface area contributed by atoms with Gasteiger partial charge < -0.3 is 14.8 Å². The van der Waals surface area contributed by atoms with Crippen molar-refractivity contribution in [3.63, 3.8) is 0 Å². The van der Waals surface area contributed by atoms with Gasteiger partial charge in [-0.15, -0.1) is 0 Å². The van der Waals surface area contributed by atoms with Gasteiger partial charge in [0, 0.05) is 12.1 Å². The lowest BCUT2D eigenvalue weighted by atomic mass is 9.99. The Morgan fingerprint density at radius 1 is 1.39 bits per heavy atom. The van der Waals surface area contributed by atoms with Crippen LogP contribution in [-0.2, 0) is 11.3 Å². The molecule has 1 aliphatic heterocycles. The van der Waals surface area contributed by atoms with Gasteiger partial charge in [-0.05, 0) is 44.8 Å². The predicted octanol–water partition coefficient (Wildman–Crippen LogP) is 2.41. The van der Waals surface area contributed by atoms with Crippen molar-refractivity contribution < 1.29 is 19.1 Å². The first-order chi connectivity index (χ1) is 10.9. The number of aliphatic carboxylic acids is 1. The predicted molar refractivity (Wildman–Crippen MR) is 86.3 cm³/mol. The van der Waals surface area contributed by atoms with Crippen LogP contribution in [0.25, 0.3) is 0 Å². The molecule has 1 saturated heterocycles. The van der Waals surface area contributed by atoms with E-state index < -0.39 is 17.9 Å². The molecule has 1 aromatic rings. The van der Waals surface area contributed by atoms with Gasteiger partial charge in [0.05, 0.1) is 0 Å². The summed E-state index contributed by atoms with van der Waals surface area (Å²) in [7, 11) is 0. The second-order valence-electron chi connectivity index (χ2n) is 6.35. The Kier molecular flexibility index (Phi) is 5.82. The Morgan fingerprint density at radius 3 is 2.61 bits per heavy atom. The van der Waals surface area contributed by atoms with Crippen molar-refractivity contribution in [2.24, 2.45) is 5.92 Å². The summed E-state index contributed by atoms with van der Waals surface area (Å²) in [6.45, 7) is 8.47. The summed E-state index contributed by atoms with van der Waals surface area (Å²) in [5.41, 5.74) is 0.993. The molecule has 2 unspecified atom stereocenters. The highest BCUT2D eigenvalue weighted by Crippen LogP contribution is 2.20. The third-order valence-corrected chi connectivity index (χ3v) is 4.60. The molecule has 1 aromatic heterocycles. The fraction of sp³-hybridized carbons (Fsp3) is 0.647. The molecule has 0 radical (unpaired) electrons. The maximum absolute atomic E-state index is 12.3. The molecule has 0 saturated carbocycles. The van der Waals surface area contributed by atoms with Crippen LogP contribution in [0.2, 0.25) is 0 Å². The monoisotopic (exact) mass is 322 g/mol. The van der Waals surface area contributed by atoms with E-state index in [4.69, 9.17) is 4.42 Å². The molecule has 1 fully saturated rings. The number of carbonyl (C=O) groups excluding carboxylic acids is 1. The lowest BCUT2D eigenvalue weighted by Gasteiger charge is -2.19. The first kappa shape index (κ1) is 17.5.